The number of benzene rings is 1. The Morgan fingerprint density at radius 3 is 2.43 bits per heavy atom. The highest BCUT2D eigenvalue weighted by atomic mass is 19.4. The van der Waals surface area contributed by atoms with Gasteiger partial charge in [0.2, 0.25) is 5.91 Å². The molecule has 9 heteroatoms. The van der Waals surface area contributed by atoms with Gasteiger partial charge in [0.1, 0.15) is 0 Å². The fraction of sp³-hybridized carbons (Fsp3) is 0.429. The highest BCUT2D eigenvalue weighted by Gasteiger charge is 2.64. The number of carboxylic acid groups (broad SMARTS) is 1. The standard InChI is InChI=1S/C14H12F5NO3/c15-9-3-1-2-8(11(9)16)6-10(21)20-5-4-13(7-20,12(22)23)14(17,18)19/h1-3H,4-7H2,(H,22,23). The number of rotatable bonds is 3. The van der Waals surface area contributed by atoms with Crippen molar-refractivity contribution >= 4 is 11.9 Å². The first-order valence-electron chi connectivity index (χ1n) is 6.59. The molecule has 0 bridgehead atoms. The average molecular weight is 337 g/mol. The maximum absolute atomic E-state index is 13.5. The van der Waals surface area contributed by atoms with Crippen molar-refractivity contribution in [2.75, 3.05) is 13.1 Å². The van der Waals surface area contributed by atoms with E-state index in [2.05, 4.69) is 0 Å². The highest BCUT2D eigenvalue weighted by Crippen LogP contribution is 2.45. The Morgan fingerprint density at radius 2 is 1.91 bits per heavy atom. The molecule has 1 aliphatic heterocycles. The Bertz CT molecular complexity index is 646. The van der Waals surface area contributed by atoms with Crippen LogP contribution in [0.5, 0.6) is 0 Å². The van der Waals surface area contributed by atoms with E-state index >= 15 is 0 Å². The number of alkyl halides is 3. The second kappa shape index (κ2) is 5.78. The zero-order chi connectivity index (χ0) is 17.4. The summed E-state index contributed by atoms with van der Waals surface area (Å²) < 4.78 is 65.6. The minimum Gasteiger partial charge on any atom is -0.481 e. The largest absolute Gasteiger partial charge is 0.481 e. The van der Waals surface area contributed by atoms with Crippen molar-refractivity contribution in [1.82, 2.24) is 4.90 Å². The molecule has 1 aliphatic rings. The summed E-state index contributed by atoms with van der Waals surface area (Å²) in [7, 11) is 0. The molecular formula is C14H12F5NO3. The molecule has 1 heterocycles. The second-order valence-electron chi connectivity index (χ2n) is 5.34. The van der Waals surface area contributed by atoms with Gasteiger partial charge in [-0.3, -0.25) is 9.59 Å². The number of amides is 1. The summed E-state index contributed by atoms with van der Waals surface area (Å²) in [4.78, 5) is 23.7. The van der Waals surface area contributed by atoms with E-state index in [1.165, 1.54) is 6.07 Å². The molecule has 0 saturated carbocycles. The molecule has 2 rings (SSSR count). The molecule has 0 radical (unpaired) electrons. The predicted octanol–water partition coefficient (Wildman–Crippen LogP) is 2.37. The van der Waals surface area contributed by atoms with Crippen LogP contribution >= 0.6 is 0 Å². The molecule has 0 aromatic heterocycles. The van der Waals surface area contributed by atoms with Crippen molar-refractivity contribution in [1.29, 1.82) is 0 Å². The van der Waals surface area contributed by atoms with Crippen LogP contribution < -0.4 is 0 Å². The minimum atomic E-state index is -5.02. The fourth-order valence-electron chi connectivity index (χ4n) is 2.51. The van der Waals surface area contributed by atoms with Crippen LogP contribution in [-0.4, -0.2) is 41.1 Å². The predicted molar refractivity (Wildman–Crippen MR) is 67.4 cm³/mol. The van der Waals surface area contributed by atoms with Crippen LogP contribution in [0.3, 0.4) is 0 Å². The number of hydrogen-bond donors (Lipinski definition) is 1. The van der Waals surface area contributed by atoms with Gasteiger partial charge in [0.25, 0.3) is 0 Å². The van der Waals surface area contributed by atoms with E-state index in [-0.39, 0.29) is 5.56 Å². The van der Waals surface area contributed by atoms with Gasteiger partial charge in [-0.05, 0) is 12.5 Å². The molecule has 1 saturated heterocycles. The van der Waals surface area contributed by atoms with Crippen molar-refractivity contribution in [3.8, 4) is 0 Å². The molecule has 4 nitrogen and oxygen atoms in total. The van der Waals surface area contributed by atoms with Gasteiger partial charge in [0.15, 0.2) is 17.0 Å². The smallest absolute Gasteiger partial charge is 0.406 e. The molecule has 1 unspecified atom stereocenters. The van der Waals surface area contributed by atoms with Crippen LogP contribution in [0.2, 0.25) is 0 Å². The summed E-state index contributed by atoms with van der Waals surface area (Å²) in [6.45, 7) is -1.46. The number of hydrogen-bond acceptors (Lipinski definition) is 2. The summed E-state index contributed by atoms with van der Waals surface area (Å²) in [5.41, 5.74) is -3.32. The van der Waals surface area contributed by atoms with E-state index < -0.39 is 61.0 Å². The lowest BCUT2D eigenvalue weighted by Gasteiger charge is -2.27. The SMILES string of the molecule is O=C(Cc1cccc(F)c1F)N1CCC(C(=O)O)(C(F)(F)F)C1. The lowest BCUT2D eigenvalue weighted by Crippen LogP contribution is -2.47. The Kier molecular flexibility index (Phi) is 4.32. The molecule has 1 N–H and O–H groups in total. The second-order valence-corrected chi connectivity index (χ2v) is 5.34. The van der Waals surface area contributed by atoms with Crippen LogP contribution in [0.1, 0.15) is 12.0 Å². The number of halogens is 5. The van der Waals surface area contributed by atoms with Crippen LogP contribution in [-0.2, 0) is 16.0 Å². The molecule has 0 aliphatic carbocycles. The Morgan fingerprint density at radius 1 is 1.26 bits per heavy atom. The Labute approximate surface area is 127 Å². The third-order valence-corrected chi connectivity index (χ3v) is 3.95. The van der Waals surface area contributed by atoms with E-state index in [9.17, 15) is 31.5 Å². The van der Waals surface area contributed by atoms with Gasteiger partial charge in [0.05, 0.1) is 6.42 Å². The van der Waals surface area contributed by atoms with Crippen molar-refractivity contribution in [2.45, 2.75) is 19.0 Å². The Balaban J connectivity index is 2.17. The maximum Gasteiger partial charge on any atom is 0.406 e. The van der Waals surface area contributed by atoms with Crippen molar-refractivity contribution in [3.63, 3.8) is 0 Å². The Hall–Kier alpha value is -2.19. The summed E-state index contributed by atoms with van der Waals surface area (Å²) in [5, 5.41) is 8.90. The molecular weight excluding hydrogens is 325 g/mol. The van der Waals surface area contributed by atoms with Crippen molar-refractivity contribution in [3.05, 3.63) is 35.4 Å². The van der Waals surface area contributed by atoms with Crippen LogP contribution in [0.4, 0.5) is 22.0 Å². The summed E-state index contributed by atoms with van der Waals surface area (Å²) in [5.74, 6) is -5.37. The third kappa shape index (κ3) is 2.99. The maximum atomic E-state index is 13.5. The summed E-state index contributed by atoms with van der Waals surface area (Å²) in [6, 6.07) is 3.15. The lowest BCUT2D eigenvalue weighted by atomic mass is 9.86. The number of carboxylic acids is 1. The number of nitrogens with zero attached hydrogens (tertiary/aromatic N) is 1. The van der Waals surface area contributed by atoms with Gasteiger partial charge in [-0.2, -0.15) is 13.2 Å². The molecule has 126 valence electrons. The number of aliphatic carboxylic acids is 1. The first-order valence-corrected chi connectivity index (χ1v) is 6.59. The molecule has 23 heavy (non-hydrogen) atoms. The summed E-state index contributed by atoms with van der Waals surface area (Å²) >= 11 is 0. The normalized spacial score (nSPS) is 21.5. The minimum absolute atomic E-state index is 0.296. The van der Waals surface area contributed by atoms with E-state index in [0.717, 1.165) is 12.1 Å². The van der Waals surface area contributed by atoms with E-state index in [1.54, 1.807) is 0 Å². The van der Waals surface area contributed by atoms with Crippen molar-refractivity contribution < 1.29 is 36.6 Å². The zero-order valence-electron chi connectivity index (χ0n) is 11.7. The third-order valence-electron chi connectivity index (χ3n) is 3.95. The van der Waals surface area contributed by atoms with E-state index in [0.29, 0.717) is 4.90 Å². The van der Waals surface area contributed by atoms with Gasteiger partial charge in [-0.25, -0.2) is 8.78 Å². The quantitative estimate of drug-likeness (QED) is 0.862. The number of carbonyl (C=O) groups excluding carboxylic acids is 1. The molecule has 1 atom stereocenters. The first-order chi connectivity index (χ1) is 10.6. The fourth-order valence-corrected chi connectivity index (χ4v) is 2.51. The highest BCUT2D eigenvalue weighted by molar-refractivity contribution is 5.82. The molecule has 1 aromatic carbocycles. The van der Waals surface area contributed by atoms with Gasteiger partial charge >= 0.3 is 12.1 Å². The lowest BCUT2D eigenvalue weighted by molar-refractivity contribution is -0.227. The van der Waals surface area contributed by atoms with Crippen LogP contribution in [0.25, 0.3) is 0 Å². The van der Waals surface area contributed by atoms with E-state index in [4.69, 9.17) is 5.11 Å². The number of carbonyl (C=O) groups is 2. The van der Waals surface area contributed by atoms with E-state index in [1.807, 2.05) is 0 Å². The topological polar surface area (TPSA) is 57.6 Å². The molecule has 0 spiro atoms. The molecule has 1 amide bonds. The van der Waals surface area contributed by atoms with Crippen molar-refractivity contribution in [2.24, 2.45) is 5.41 Å². The molecule has 1 aromatic rings. The van der Waals surface area contributed by atoms with Crippen LogP contribution in [0, 0.1) is 17.0 Å². The van der Waals surface area contributed by atoms with Gasteiger partial charge in [-0.1, -0.05) is 12.1 Å². The van der Waals surface area contributed by atoms with Gasteiger partial charge < -0.3 is 10.0 Å². The zero-order valence-corrected chi connectivity index (χ0v) is 11.7. The summed E-state index contributed by atoms with van der Waals surface area (Å²) in [6.07, 6.45) is -6.43. The first kappa shape index (κ1) is 17.2. The number of likely N-dealkylation sites (tertiary alicyclic amines) is 1. The average Bonchev–Trinajstić information content (AvgIpc) is 2.90. The van der Waals surface area contributed by atoms with Gasteiger partial charge in [-0.15, -0.1) is 0 Å². The molecule has 1 fully saturated rings. The van der Waals surface area contributed by atoms with Gasteiger partial charge in [0, 0.05) is 18.7 Å². The monoisotopic (exact) mass is 337 g/mol. The van der Waals surface area contributed by atoms with Crippen LogP contribution in [0.15, 0.2) is 18.2 Å².